The monoisotopic (exact) mass is 114 g/mol. The van der Waals surface area contributed by atoms with E-state index in [1.165, 1.54) is 0 Å². The van der Waals surface area contributed by atoms with E-state index < -0.39 is 0 Å². The van der Waals surface area contributed by atoms with E-state index in [-0.39, 0.29) is 7.30 Å². The van der Waals surface area contributed by atoms with Crippen LogP contribution in [0.15, 0.2) is 0 Å². The minimum absolute atomic E-state index is 0.0129. The van der Waals surface area contributed by atoms with Crippen LogP contribution in [0, 0.1) is 0 Å². The highest BCUT2D eigenvalue weighted by molar-refractivity contribution is 8.43. The topological polar surface area (TPSA) is 0 Å². The van der Waals surface area contributed by atoms with Gasteiger partial charge in [0, 0.05) is 0 Å². The first-order chi connectivity index (χ1) is 2.27. The normalized spacial score (nSPS) is 22.0. The van der Waals surface area contributed by atoms with E-state index in [1.807, 2.05) is 0 Å². The van der Waals surface area contributed by atoms with E-state index in [1.54, 1.807) is 0 Å². The van der Waals surface area contributed by atoms with Crippen LogP contribution in [0.4, 0.5) is 0 Å². The highest BCUT2D eigenvalue weighted by atomic mass is 32.4. The Morgan fingerprint density at radius 2 is 2.50 bits per heavy atom. The summed E-state index contributed by atoms with van der Waals surface area (Å²) in [5.41, 5.74) is 0. The lowest BCUT2D eigenvalue weighted by Crippen LogP contribution is -1.16. The Bertz CT molecular complexity index is 20.9. The molecule has 0 N–H and O–H groups in total. The summed E-state index contributed by atoms with van der Waals surface area (Å²) in [7, 11) is 3.03. The third kappa shape index (κ3) is 10.4. The molecular formula is CH7P3. The molecule has 0 bridgehead atoms. The molecule has 4 heavy (non-hydrogen) atoms. The van der Waals surface area contributed by atoms with Gasteiger partial charge in [-0.2, -0.15) is 0 Å². The predicted octanol–water partition coefficient (Wildman–Crippen LogP) is 1.68. The van der Waals surface area contributed by atoms with Crippen molar-refractivity contribution in [2.75, 3.05) is 6.66 Å². The second kappa shape index (κ2) is 2.52. The molecule has 0 rings (SSSR count). The quantitative estimate of drug-likeness (QED) is 0.455. The Kier molecular flexibility index (Phi) is 2.19. The molecule has 0 aromatic carbocycles. The summed E-state index contributed by atoms with van der Waals surface area (Å²) in [4.78, 5) is 0. The van der Waals surface area contributed by atoms with Crippen molar-refractivity contribution in [1.29, 1.82) is 1.28 Å². The lowest BCUT2D eigenvalue weighted by atomic mass is 12.0. The van der Waals surface area contributed by atoms with Crippen molar-refractivity contribution < 1.29 is 0 Å². The molecule has 0 nitrogen and oxygen atoms in total. The maximum atomic E-state index is 6.69. The first-order valence-electron chi connectivity index (χ1n) is 1.43. The molecule has 0 heterocycles. The van der Waals surface area contributed by atoms with Crippen molar-refractivity contribution in [1.82, 2.24) is 0 Å². The molecule has 0 amide bonds. The molecule has 0 saturated heterocycles. The smallest absolute Gasteiger partial charge is 0.0597 e. The van der Waals surface area contributed by atoms with Gasteiger partial charge in [-0.3, -0.25) is 0 Å². The molecule has 0 aromatic heterocycles. The molecule has 0 aliphatic carbocycles. The molecule has 3 unspecified atom stereocenters. The molecule has 0 saturated carbocycles. The van der Waals surface area contributed by atoms with Crippen LogP contribution < -0.4 is 0 Å². The number of hydrogen-bond donors (Lipinski definition) is 0. The van der Waals surface area contributed by atoms with E-state index in [0.717, 1.165) is 0 Å². The Morgan fingerprint density at radius 3 is 2.50 bits per heavy atom. The Morgan fingerprint density at radius 1 is 2.25 bits per heavy atom. The molecule has 0 fully saturated rings. The molecular weight excluding hydrogens is 105 g/mol. The third-order valence-electron chi connectivity index (χ3n) is 0. The fourth-order valence-electron chi connectivity index (χ4n) is 0. The number of hydrogen-bond acceptors (Lipinski definition) is 0. The van der Waals surface area contributed by atoms with Crippen molar-refractivity contribution >= 4 is 25.1 Å². The molecule has 26 valence electrons. The van der Waals surface area contributed by atoms with Crippen LogP contribution in [0.25, 0.3) is 0 Å². The maximum absolute atomic E-state index is 6.69. The molecule has 3 atom stereocenters. The van der Waals surface area contributed by atoms with Gasteiger partial charge in [-0.1, -0.05) is 7.30 Å². The van der Waals surface area contributed by atoms with Crippen LogP contribution in [0.2, 0.25) is 0 Å². The van der Waals surface area contributed by atoms with Crippen molar-refractivity contribution in [2.24, 2.45) is 0 Å². The fourth-order valence-corrected chi connectivity index (χ4v) is 0. The predicted molar refractivity (Wildman–Crippen MR) is 32.3 cm³/mol. The van der Waals surface area contributed by atoms with Gasteiger partial charge in [0.05, 0.1) is 1.28 Å². The van der Waals surface area contributed by atoms with Crippen molar-refractivity contribution in [3.05, 3.63) is 0 Å². The summed E-state index contributed by atoms with van der Waals surface area (Å²) in [6.07, 6.45) is 0. The van der Waals surface area contributed by atoms with Crippen LogP contribution in [-0.2, 0) is 0 Å². The fraction of sp³-hybridized carbons (Fsp3) is 1.00. The van der Waals surface area contributed by atoms with Gasteiger partial charge in [-0.25, -0.2) is 0 Å². The van der Waals surface area contributed by atoms with E-state index in [0.29, 0.717) is 8.87 Å². The Balaban J connectivity index is 2.54. The summed E-state index contributed by atoms with van der Waals surface area (Å²) in [5, 5.41) is 0. The summed E-state index contributed by atoms with van der Waals surface area (Å²) in [6.45, 7) is 2.07. The van der Waals surface area contributed by atoms with Gasteiger partial charge in [0.25, 0.3) is 0 Å². The minimum Gasteiger partial charge on any atom is -0.108 e. The molecule has 0 aliphatic heterocycles. The van der Waals surface area contributed by atoms with Crippen LogP contribution in [0.3, 0.4) is 0 Å². The lowest BCUT2D eigenvalue weighted by Gasteiger charge is -1.81. The average molecular weight is 114 g/mol. The summed E-state index contributed by atoms with van der Waals surface area (Å²) < 4.78 is 6.69. The zero-order chi connectivity index (χ0) is 4.28. The van der Waals surface area contributed by atoms with Crippen LogP contribution in [0.1, 0.15) is 0 Å². The Hall–Kier alpha value is 1.29. The molecule has 0 radical (unpaired) electrons. The summed E-state index contributed by atoms with van der Waals surface area (Å²) in [6, 6.07) is 0. The van der Waals surface area contributed by atoms with E-state index in [9.17, 15) is 0 Å². The molecule has 0 aliphatic rings. The SMILES string of the molecule is [3H]PP(C)P. The summed E-state index contributed by atoms with van der Waals surface area (Å²) >= 11 is 0. The zero-order valence-electron chi connectivity index (χ0n) is 3.52. The Labute approximate surface area is 34.0 Å². The van der Waals surface area contributed by atoms with Gasteiger partial charge in [-0.05, 0) is 6.66 Å². The second-order valence-corrected chi connectivity index (χ2v) is 7.82. The van der Waals surface area contributed by atoms with E-state index in [2.05, 4.69) is 15.6 Å². The van der Waals surface area contributed by atoms with Crippen LogP contribution in [-0.4, -0.2) is 7.94 Å². The van der Waals surface area contributed by atoms with Gasteiger partial charge in [0.1, 0.15) is 0 Å². The molecule has 3 heteroatoms. The van der Waals surface area contributed by atoms with Gasteiger partial charge < -0.3 is 0 Å². The first-order valence-corrected chi connectivity index (χ1v) is 5.68. The molecule has 0 aromatic rings. The van der Waals surface area contributed by atoms with Gasteiger partial charge >= 0.3 is 0 Å². The van der Waals surface area contributed by atoms with Crippen molar-refractivity contribution in [3.63, 3.8) is 0 Å². The van der Waals surface area contributed by atoms with Crippen LogP contribution in [0.5, 0.6) is 0 Å². The van der Waals surface area contributed by atoms with E-state index >= 15 is 0 Å². The van der Waals surface area contributed by atoms with Gasteiger partial charge in [-0.15, -0.1) is 17.8 Å². The van der Waals surface area contributed by atoms with Gasteiger partial charge in [0.15, 0.2) is 0 Å². The van der Waals surface area contributed by atoms with Crippen molar-refractivity contribution in [2.45, 2.75) is 0 Å². The van der Waals surface area contributed by atoms with Gasteiger partial charge in [0.2, 0.25) is 0 Å². The average Bonchev–Trinajstić information content (AvgIpc) is 1.38. The highest BCUT2D eigenvalue weighted by Crippen LogP contribution is 2.48. The zero-order valence-corrected chi connectivity index (χ0v) is 5.57. The highest BCUT2D eigenvalue weighted by Gasteiger charge is 1.66. The molecule has 0 spiro atoms. The largest absolute Gasteiger partial charge is 0.108 e. The summed E-state index contributed by atoms with van der Waals surface area (Å²) in [5.74, 6) is 0. The van der Waals surface area contributed by atoms with Crippen LogP contribution >= 0.6 is 25.1 Å². The van der Waals surface area contributed by atoms with E-state index in [4.69, 9.17) is 1.28 Å². The standard InChI is InChI=1S/CH7P3/c1-4(2)3/h2-3H2,1H3/i2T. The second-order valence-electron chi connectivity index (χ2n) is 0.611. The van der Waals surface area contributed by atoms with Crippen molar-refractivity contribution in [3.8, 4) is 0 Å². The number of rotatable bonds is 1. The maximum Gasteiger partial charge on any atom is 0.0597 e. The third-order valence-corrected chi connectivity index (χ3v) is 0. The lowest BCUT2D eigenvalue weighted by molar-refractivity contribution is 2.50. The minimum atomic E-state index is 0.0129. The first kappa shape index (κ1) is 3.48.